The lowest BCUT2D eigenvalue weighted by atomic mass is 10.0. The van der Waals surface area contributed by atoms with E-state index >= 15 is 0 Å². The third kappa shape index (κ3) is 6.35. The first-order chi connectivity index (χ1) is 17.3. The van der Waals surface area contributed by atoms with Crippen LogP contribution in [0.3, 0.4) is 0 Å². The maximum Gasteiger partial charge on any atom is 0.274 e. The standard InChI is InChI=1S/C27H23ClFN3O4/c28-24-14-20(29)9-12-22(24)23(27(35)31-21-10-11-21)13-16-1-5-18(6-2-16)25(33)30-15-17-3-7-19(8-4-17)26(34)32-36/h1-9,12-14,21,36H,10-11,15H2,(H,30,33)(H,31,35)(H,32,34). The van der Waals surface area contributed by atoms with Gasteiger partial charge in [-0.05, 0) is 72.5 Å². The third-order valence-corrected chi connectivity index (χ3v) is 5.95. The van der Waals surface area contributed by atoms with Crippen LogP contribution in [0.1, 0.15) is 50.2 Å². The van der Waals surface area contributed by atoms with Gasteiger partial charge in [0.1, 0.15) is 5.82 Å². The first kappa shape index (κ1) is 25.1. The molecule has 3 aromatic carbocycles. The van der Waals surface area contributed by atoms with Gasteiger partial charge in [-0.2, -0.15) is 0 Å². The van der Waals surface area contributed by atoms with E-state index in [0.29, 0.717) is 27.8 Å². The molecule has 4 rings (SSSR count). The summed E-state index contributed by atoms with van der Waals surface area (Å²) < 4.78 is 13.5. The molecule has 1 saturated carbocycles. The van der Waals surface area contributed by atoms with E-state index in [-0.39, 0.29) is 29.4 Å². The Bertz CT molecular complexity index is 1320. The van der Waals surface area contributed by atoms with Gasteiger partial charge >= 0.3 is 0 Å². The van der Waals surface area contributed by atoms with Gasteiger partial charge in [-0.25, -0.2) is 9.87 Å². The van der Waals surface area contributed by atoms with Crippen LogP contribution in [0.25, 0.3) is 11.6 Å². The number of halogens is 2. The monoisotopic (exact) mass is 507 g/mol. The van der Waals surface area contributed by atoms with Crippen LogP contribution in [0, 0.1) is 5.82 Å². The molecule has 0 unspecified atom stereocenters. The molecule has 0 aromatic heterocycles. The molecule has 4 N–H and O–H groups in total. The molecule has 0 heterocycles. The van der Waals surface area contributed by atoms with Gasteiger partial charge in [-0.15, -0.1) is 0 Å². The van der Waals surface area contributed by atoms with Crippen molar-refractivity contribution < 1.29 is 24.0 Å². The van der Waals surface area contributed by atoms with Crippen LogP contribution in [-0.4, -0.2) is 29.0 Å². The van der Waals surface area contributed by atoms with Crippen LogP contribution >= 0.6 is 11.6 Å². The molecule has 184 valence electrons. The molecule has 0 saturated heterocycles. The van der Waals surface area contributed by atoms with Crippen LogP contribution < -0.4 is 16.1 Å². The Morgan fingerprint density at radius 3 is 2.19 bits per heavy atom. The van der Waals surface area contributed by atoms with Crippen molar-refractivity contribution in [2.24, 2.45) is 0 Å². The van der Waals surface area contributed by atoms with Crippen molar-refractivity contribution in [3.63, 3.8) is 0 Å². The summed E-state index contributed by atoms with van der Waals surface area (Å²) >= 11 is 6.23. The Morgan fingerprint density at radius 1 is 0.944 bits per heavy atom. The Kier molecular flexibility index (Phi) is 7.77. The van der Waals surface area contributed by atoms with E-state index in [0.717, 1.165) is 24.5 Å². The maximum atomic E-state index is 13.5. The fourth-order valence-electron chi connectivity index (χ4n) is 3.48. The molecule has 7 nitrogen and oxygen atoms in total. The molecule has 0 bridgehead atoms. The Balaban J connectivity index is 1.47. The molecule has 1 aliphatic rings. The number of nitrogens with one attached hydrogen (secondary N) is 3. The van der Waals surface area contributed by atoms with Gasteiger partial charge in [-0.3, -0.25) is 19.6 Å². The van der Waals surface area contributed by atoms with Gasteiger partial charge in [0, 0.05) is 34.9 Å². The average molecular weight is 508 g/mol. The topological polar surface area (TPSA) is 108 Å². The number of rotatable bonds is 8. The first-order valence-corrected chi connectivity index (χ1v) is 11.6. The van der Waals surface area contributed by atoms with Gasteiger partial charge in [0.25, 0.3) is 17.7 Å². The van der Waals surface area contributed by atoms with E-state index in [9.17, 15) is 18.8 Å². The maximum absolute atomic E-state index is 13.5. The van der Waals surface area contributed by atoms with Gasteiger partial charge < -0.3 is 10.6 Å². The van der Waals surface area contributed by atoms with E-state index in [1.807, 2.05) is 0 Å². The average Bonchev–Trinajstić information content (AvgIpc) is 3.70. The summed E-state index contributed by atoms with van der Waals surface area (Å²) in [6.07, 6.45) is 3.49. The third-order valence-electron chi connectivity index (χ3n) is 5.63. The SMILES string of the molecule is O=C(NC1CC1)C(=Cc1ccc(C(=O)NCc2ccc(C(=O)NO)cc2)cc1)c1ccc(F)cc1Cl. The summed E-state index contributed by atoms with van der Waals surface area (Å²) in [5.41, 5.74) is 4.46. The van der Waals surface area contributed by atoms with Crippen molar-refractivity contribution in [1.82, 2.24) is 16.1 Å². The molecule has 0 spiro atoms. The number of carbonyl (C=O) groups is 3. The summed E-state index contributed by atoms with van der Waals surface area (Å²) in [7, 11) is 0. The zero-order valence-corrected chi connectivity index (χ0v) is 19.8. The van der Waals surface area contributed by atoms with Crippen molar-refractivity contribution in [3.8, 4) is 0 Å². The van der Waals surface area contributed by atoms with Crippen molar-refractivity contribution in [1.29, 1.82) is 0 Å². The lowest BCUT2D eigenvalue weighted by molar-refractivity contribution is -0.115. The fourth-order valence-corrected chi connectivity index (χ4v) is 3.75. The number of carbonyl (C=O) groups excluding carboxylic acids is 3. The van der Waals surface area contributed by atoms with Crippen molar-refractivity contribution in [2.45, 2.75) is 25.4 Å². The quantitative estimate of drug-likeness (QED) is 0.157. The second-order valence-corrected chi connectivity index (χ2v) is 8.78. The van der Waals surface area contributed by atoms with Gasteiger partial charge in [0.15, 0.2) is 0 Å². The van der Waals surface area contributed by atoms with Gasteiger partial charge in [0.05, 0.1) is 5.02 Å². The molecule has 0 radical (unpaired) electrons. The molecule has 36 heavy (non-hydrogen) atoms. The lowest BCUT2D eigenvalue weighted by Crippen LogP contribution is -2.26. The second-order valence-electron chi connectivity index (χ2n) is 8.37. The van der Waals surface area contributed by atoms with E-state index in [1.54, 1.807) is 60.1 Å². The highest BCUT2D eigenvalue weighted by Gasteiger charge is 2.26. The summed E-state index contributed by atoms with van der Waals surface area (Å²) in [4.78, 5) is 36.8. The van der Waals surface area contributed by atoms with Crippen molar-refractivity contribution in [2.75, 3.05) is 0 Å². The predicted molar refractivity (Wildman–Crippen MR) is 134 cm³/mol. The van der Waals surface area contributed by atoms with Gasteiger partial charge in [-0.1, -0.05) is 35.9 Å². The van der Waals surface area contributed by atoms with Crippen LogP contribution in [0.5, 0.6) is 0 Å². The molecule has 1 fully saturated rings. The number of hydroxylamine groups is 1. The number of amides is 3. The van der Waals surface area contributed by atoms with Crippen molar-refractivity contribution in [3.05, 3.63) is 105 Å². The summed E-state index contributed by atoms with van der Waals surface area (Å²) in [6, 6.07) is 17.1. The number of hydrogen-bond acceptors (Lipinski definition) is 4. The van der Waals surface area contributed by atoms with Crippen molar-refractivity contribution >= 4 is 41.0 Å². The highest BCUT2D eigenvalue weighted by atomic mass is 35.5. The lowest BCUT2D eigenvalue weighted by Gasteiger charge is -2.11. The number of benzene rings is 3. The molecule has 3 amide bonds. The molecule has 0 atom stereocenters. The minimum Gasteiger partial charge on any atom is -0.349 e. The summed E-state index contributed by atoms with van der Waals surface area (Å²) in [5, 5.41) is 14.5. The largest absolute Gasteiger partial charge is 0.349 e. The predicted octanol–water partition coefficient (Wildman–Crippen LogP) is 4.35. The van der Waals surface area contributed by atoms with Crippen LogP contribution in [0.2, 0.25) is 5.02 Å². The number of hydrogen-bond donors (Lipinski definition) is 4. The summed E-state index contributed by atoms with van der Waals surface area (Å²) in [5.74, 6) is -1.70. The van der Waals surface area contributed by atoms with Crippen LogP contribution in [0.15, 0.2) is 66.7 Å². The zero-order chi connectivity index (χ0) is 25.7. The smallest absolute Gasteiger partial charge is 0.274 e. The van der Waals surface area contributed by atoms with E-state index < -0.39 is 11.7 Å². The summed E-state index contributed by atoms with van der Waals surface area (Å²) in [6.45, 7) is 0.246. The Labute approximate surface area is 211 Å². The van der Waals surface area contributed by atoms with Gasteiger partial charge in [0.2, 0.25) is 0 Å². The van der Waals surface area contributed by atoms with Crippen LogP contribution in [0.4, 0.5) is 4.39 Å². The van der Waals surface area contributed by atoms with E-state index in [1.165, 1.54) is 12.1 Å². The first-order valence-electron chi connectivity index (χ1n) is 11.2. The molecule has 0 aliphatic heterocycles. The Morgan fingerprint density at radius 2 is 1.58 bits per heavy atom. The highest BCUT2D eigenvalue weighted by Crippen LogP contribution is 2.29. The molecule has 9 heteroatoms. The zero-order valence-electron chi connectivity index (χ0n) is 19.1. The fraction of sp³-hybridized carbons (Fsp3) is 0.148. The normalized spacial score (nSPS) is 13.1. The van der Waals surface area contributed by atoms with E-state index in [4.69, 9.17) is 16.8 Å². The van der Waals surface area contributed by atoms with Crippen LogP contribution in [-0.2, 0) is 11.3 Å². The second kappa shape index (κ2) is 11.2. The minimum absolute atomic E-state index is 0.133. The highest BCUT2D eigenvalue weighted by molar-refractivity contribution is 6.36. The van der Waals surface area contributed by atoms with E-state index in [2.05, 4.69) is 10.6 Å². The molecular formula is C27H23ClFN3O4. The molecular weight excluding hydrogens is 485 g/mol. The minimum atomic E-state index is -0.616. The molecule has 3 aromatic rings. The molecule has 1 aliphatic carbocycles. The Hall–Kier alpha value is -4.01.